The van der Waals surface area contributed by atoms with Crippen LogP contribution in [0.3, 0.4) is 0 Å². The molecule has 0 unspecified atom stereocenters. The fraction of sp³-hybridized carbons (Fsp3) is 0.370. The van der Waals surface area contributed by atoms with E-state index in [0.717, 1.165) is 49.4 Å². The van der Waals surface area contributed by atoms with E-state index in [1.54, 1.807) is 11.3 Å². The van der Waals surface area contributed by atoms with E-state index in [4.69, 9.17) is 9.84 Å². The quantitative estimate of drug-likeness (QED) is 0.281. The summed E-state index contributed by atoms with van der Waals surface area (Å²) in [6.45, 7) is 10.4. The zero-order chi connectivity index (χ0) is 23.5. The number of allylic oxidation sites excluding steroid dienone is 1. The number of carbonyl (C=O) groups is 1. The number of benzene rings is 2. The highest BCUT2D eigenvalue weighted by molar-refractivity contribution is 7.20. The Bertz CT molecular complexity index is 1150. The number of hydrogen-bond donors (Lipinski definition) is 1. The van der Waals surface area contributed by atoms with Crippen LogP contribution in [0.4, 0.5) is 4.39 Å². The van der Waals surface area contributed by atoms with Crippen LogP contribution >= 0.6 is 11.3 Å². The Kier molecular flexibility index (Phi) is 7.40. The van der Waals surface area contributed by atoms with Crippen molar-refractivity contribution in [3.8, 4) is 16.9 Å². The van der Waals surface area contributed by atoms with Crippen molar-refractivity contribution in [2.75, 3.05) is 13.3 Å². The largest absolute Gasteiger partial charge is 0.493 e. The van der Waals surface area contributed by atoms with Gasteiger partial charge in [0.15, 0.2) is 0 Å². The average molecular weight is 455 g/mol. The van der Waals surface area contributed by atoms with Crippen LogP contribution in [0.15, 0.2) is 42.5 Å². The molecule has 0 aliphatic carbocycles. The molecule has 5 heteroatoms. The molecule has 0 saturated carbocycles. The molecule has 3 nitrogen and oxygen atoms in total. The second kappa shape index (κ2) is 9.86. The lowest BCUT2D eigenvalue weighted by atomic mass is 9.82. The molecular weight excluding hydrogens is 423 g/mol. The molecule has 0 amide bonds. The molecule has 170 valence electrons. The summed E-state index contributed by atoms with van der Waals surface area (Å²) < 4.78 is 20.1. The summed E-state index contributed by atoms with van der Waals surface area (Å²) in [4.78, 5) is 12.1. The van der Waals surface area contributed by atoms with Crippen molar-refractivity contribution < 1.29 is 19.0 Å². The van der Waals surface area contributed by atoms with Crippen LogP contribution in [0.2, 0.25) is 0 Å². The summed E-state index contributed by atoms with van der Waals surface area (Å²) in [5, 5.41) is 10.2. The van der Waals surface area contributed by atoms with Gasteiger partial charge in [0.2, 0.25) is 0 Å². The van der Waals surface area contributed by atoms with Gasteiger partial charge in [-0.2, -0.15) is 0 Å². The van der Waals surface area contributed by atoms with Crippen molar-refractivity contribution in [3.63, 3.8) is 0 Å². The van der Waals surface area contributed by atoms with E-state index in [1.807, 2.05) is 13.0 Å². The van der Waals surface area contributed by atoms with Crippen LogP contribution in [0, 0.1) is 0 Å². The molecule has 1 N–H and O–H groups in total. The van der Waals surface area contributed by atoms with Gasteiger partial charge in [0.1, 0.15) is 5.75 Å². The molecule has 0 bridgehead atoms. The smallest absolute Gasteiger partial charge is 0.328 e. The maximum Gasteiger partial charge on any atom is 0.328 e. The lowest BCUT2D eigenvalue weighted by Crippen LogP contribution is -2.15. The lowest BCUT2D eigenvalue weighted by molar-refractivity contribution is -0.131. The normalized spacial score (nSPS) is 12.4. The van der Waals surface area contributed by atoms with Crippen LogP contribution in [0.25, 0.3) is 26.8 Å². The van der Waals surface area contributed by atoms with Gasteiger partial charge in [0, 0.05) is 38.6 Å². The summed E-state index contributed by atoms with van der Waals surface area (Å²) in [5.74, 6) is -0.143. The van der Waals surface area contributed by atoms with Gasteiger partial charge in [-0.1, -0.05) is 45.9 Å². The van der Waals surface area contributed by atoms with E-state index in [0.29, 0.717) is 13.0 Å². The molecule has 2 aromatic carbocycles. The van der Waals surface area contributed by atoms with E-state index in [2.05, 4.69) is 58.0 Å². The number of carboxylic acids is 1. The predicted molar refractivity (Wildman–Crippen MR) is 133 cm³/mol. The van der Waals surface area contributed by atoms with E-state index in [1.165, 1.54) is 11.6 Å². The Morgan fingerprint density at radius 3 is 2.56 bits per heavy atom. The van der Waals surface area contributed by atoms with Crippen LogP contribution in [-0.2, 0) is 16.6 Å². The maximum absolute atomic E-state index is 12.8. The van der Waals surface area contributed by atoms with Crippen molar-refractivity contribution in [3.05, 3.63) is 58.5 Å². The van der Waals surface area contributed by atoms with E-state index in [9.17, 15) is 9.18 Å². The molecule has 32 heavy (non-hydrogen) atoms. The molecule has 1 heterocycles. The number of hydrogen-bond acceptors (Lipinski definition) is 3. The SMILES string of the molecule is CCc1cc(-c2cccc3sc(/C(C)=C/C(=O)O)cc23)c(OCCCF)c(C(C)(C)C)c1. The molecule has 3 aromatic rings. The third-order valence-electron chi connectivity index (χ3n) is 5.47. The molecule has 0 fully saturated rings. The zero-order valence-corrected chi connectivity index (χ0v) is 20.2. The average Bonchev–Trinajstić information content (AvgIpc) is 3.17. The summed E-state index contributed by atoms with van der Waals surface area (Å²) in [7, 11) is 0. The van der Waals surface area contributed by atoms with Crippen molar-refractivity contribution in [1.82, 2.24) is 0 Å². The number of fused-ring (bicyclic) bond motifs is 1. The van der Waals surface area contributed by atoms with Crippen LogP contribution in [0.1, 0.15) is 57.0 Å². The minimum absolute atomic E-state index is 0.139. The first kappa shape index (κ1) is 24.0. The van der Waals surface area contributed by atoms with Gasteiger partial charge < -0.3 is 9.84 Å². The van der Waals surface area contributed by atoms with E-state index < -0.39 is 12.6 Å². The number of carboxylic acid groups (broad SMARTS) is 1. The number of rotatable bonds is 8. The highest BCUT2D eigenvalue weighted by atomic mass is 32.1. The molecule has 0 aliphatic heterocycles. The molecule has 0 atom stereocenters. The molecule has 3 rings (SSSR count). The fourth-order valence-corrected chi connectivity index (χ4v) is 4.84. The highest BCUT2D eigenvalue weighted by Gasteiger charge is 2.24. The summed E-state index contributed by atoms with van der Waals surface area (Å²) >= 11 is 1.58. The van der Waals surface area contributed by atoms with Crippen LogP contribution < -0.4 is 4.74 Å². The van der Waals surface area contributed by atoms with Crippen molar-refractivity contribution in [1.29, 1.82) is 0 Å². The number of aliphatic carboxylic acids is 1. The summed E-state index contributed by atoms with van der Waals surface area (Å²) in [6.07, 6.45) is 2.49. The van der Waals surface area contributed by atoms with E-state index in [-0.39, 0.29) is 5.41 Å². The second-order valence-corrected chi connectivity index (χ2v) is 10.1. The number of ether oxygens (including phenoxy) is 1. The summed E-state index contributed by atoms with van der Waals surface area (Å²) in [6, 6.07) is 12.6. The Morgan fingerprint density at radius 2 is 1.94 bits per heavy atom. The Hall–Kier alpha value is -2.66. The van der Waals surface area contributed by atoms with Gasteiger partial charge in [-0.15, -0.1) is 11.3 Å². The van der Waals surface area contributed by atoms with Gasteiger partial charge in [-0.05, 0) is 53.7 Å². The molecular formula is C27H31FO3S. The first-order chi connectivity index (χ1) is 15.2. The number of thiophene rings is 1. The molecule has 0 radical (unpaired) electrons. The number of aryl methyl sites for hydroxylation is 1. The third-order valence-corrected chi connectivity index (χ3v) is 6.71. The van der Waals surface area contributed by atoms with Crippen molar-refractivity contribution >= 4 is 33.0 Å². The monoisotopic (exact) mass is 454 g/mol. The number of halogens is 1. The fourth-order valence-electron chi connectivity index (χ4n) is 3.78. The highest BCUT2D eigenvalue weighted by Crippen LogP contribution is 2.44. The van der Waals surface area contributed by atoms with Crippen molar-refractivity contribution in [2.45, 2.75) is 52.9 Å². The van der Waals surface area contributed by atoms with Gasteiger partial charge >= 0.3 is 5.97 Å². The maximum atomic E-state index is 12.8. The topological polar surface area (TPSA) is 46.5 Å². The Labute approximate surface area is 193 Å². The van der Waals surface area contributed by atoms with Gasteiger partial charge in [-0.25, -0.2) is 4.79 Å². The lowest BCUT2D eigenvalue weighted by Gasteiger charge is -2.26. The van der Waals surface area contributed by atoms with Gasteiger partial charge in [0.05, 0.1) is 13.3 Å². The second-order valence-electron chi connectivity index (χ2n) is 9.01. The first-order valence-corrected chi connectivity index (χ1v) is 11.8. The van der Waals surface area contributed by atoms with Gasteiger partial charge in [-0.3, -0.25) is 4.39 Å². The standard InChI is InChI=1S/C27H31FO3S/c1-6-18-14-21(26(31-12-8-11-28)22(15-18)27(3,4)5)19-9-7-10-23-20(19)16-24(32-23)17(2)13-25(29)30/h7,9-10,13-16H,6,8,11-12H2,1-5H3,(H,29,30)/b17-13+. The molecule has 0 spiro atoms. The molecule has 1 aromatic heterocycles. The Balaban J connectivity index is 2.27. The zero-order valence-electron chi connectivity index (χ0n) is 19.4. The number of alkyl halides is 1. The van der Waals surface area contributed by atoms with Crippen LogP contribution in [0.5, 0.6) is 5.75 Å². The van der Waals surface area contributed by atoms with Gasteiger partial charge in [0.25, 0.3) is 0 Å². The van der Waals surface area contributed by atoms with Crippen molar-refractivity contribution in [2.24, 2.45) is 0 Å². The molecule has 0 aliphatic rings. The minimum atomic E-state index is -0.950. The summed E-state index contributed by atoms with van der Waals surface area (Å²) in [5.41, 5.74) is 4.96. The minimum Gasteiger partial charge on any atom is -0.493 e. The van der Waals surface area contributed by atoms with E-state index >= 15 is 0 Å². The third kappa shape index (κ3) is 5.21. The predicted octanol–water partition coefficient (Wildman–Crippen LogP) is 7.65. The Morgan fingerprint density at radius 1 is 1.19 bits per heavy atom. The van der Waals surface area contributed by atoms with Crippen LogP contribution in [-0.4, -0.2) is 24.4 Å². The first-order valence-electron chi connectivity index (χ1n) is 11.0. The molecule has 0 saturated heterocycles.